The van der Waals surface area contributed by atoms with Crippen molar-refractivity contribution < 1.29 is 9.84 Å². The topological polar surface area (TPSA) is 55.5 Å². The highest BCUT2D eigenvalue weighted by atomic mass is 16.5. The van der Waals surface area contributed by atoms with Gasteiger partial charge < -0.3 is 15.6 Å². The number of rotatable bonds is 3. The fraction of sp³-hybridized carbons (Fsp3) is 0.667. The second kappa shape index (κ2) is 5.88. The molecule has 1 saturated carbocycles. The van der Waals surface area contributed by atoms with Crippen LogP contribution in [0.2, 0.25) is 0 Å². The SMILES string of the molecule is COc1cc(C2(CN)CCCCC2)c(O)c2c1CCCC2. The van der Waals surface area contributed by atoms with Gasteiger partial charge in [-0.3, -0.25) is 0 Å². The lowest BCUT2D eigenvalue weighted by Gasteiger charge is -2.38. The summed E-state index contributed by atoms with van der Waals surface area (Å²) < 4.78 is 5.64. The van der Waals surface area contributed by atoms with E-state index in [9.17, 15) is 5.11 Å². The number of aromatic hydroxyl groups is 1. The van der Waals surface area contributed by atoms with Gasteiger partial charge in [-0.25, -0.2) is 0 Å². The Labute approximate surface area is 127 Å². The Hall–Kier alpha value is -1.22. The van der Waals surface area contributed by atoms with Crippen molar-refractivity contribution in [3.8, 4) is 11.5 Å². The van der Waals surface area contributed by atoms with Crippen molar-refractivity contribution in [2.75, 3.05) is 13.7 Å². The summed E-state index contributed by atoms with van der Waals surface area (Å²) in [5.74, 6) is 1.47. The van der Waals surface area contributed by atoms with E-state index in [0.717, 1.165) is 49.0 Å². The maximum atomic E-state index is 10.9. The summed E-state index contributed by atoms with van der Waals surface area (Å²) in [6.07, 6.45) is 10.2. The third kappa shape index (κ3) is 2.42. The van der Waals surface area contributed by atoms with Crippen molar-refractivity contribution in [1.82, 2.24) is 0 Å². The first kappa shape index (κ1) is 14.7. The van der Waals surface area contributed by atoms with E-state index >= 15 is 0 Å². The zero-order valence-electron chi connectivity index (χ0n) is 13.1. The van der Waals surface area contributed by atoms with Gasteiger partial charge in [-0.05, 0) is 44.6 Å². The van der Waals surface area contributed by atoms with Crippen LogP contribution in [0.1, 0.15) is 61.6 Å². The summed E-state index contributed by atoms with van der Waals surface area (Å²) in [5, 5.41) is 10.9. The number of nitrogens with two attached hydrogens (primary N) is 1. The maximum absolute atomic E-state index is 10.9. The van der Waals surface area contributed by atoms with Gasteiger partial charge in [0, 0.05) is 28.7 Å². The first-order chi connectivity index (χ1) is 10.2. The molecule has 2 aliphatic rings. The van der Waals surface area contributed by atoms with Crippen LogP contribution < -0.4 is 10.5 Å². The van der Waals surface area contributed by atoms with Crippen LogP contribution in [0.5, 0.6) is 11.5 Å². The largest absolute Gasteiger partial charge is 0.507 e. The molecule has 0 unspecified atom stereocenters. The van der Waals surface area contributed by atoms with Gasteiger partial charge >= 0.3 is 0 Å². The maximum Gasteiger partial charge on any atom is 0.123 e. The highest BCUT2D eigenvalue weighted by Gasteiger charge is 2.37. The smallest absolute Gasteiger partial charge is 0.123 e. The third-order valence-electron chi connectivity index (χ3n) is 5.57. The molecule has 0 aliphatic heterocycles. The number of phenolic OH excluding ortho intramolecular Hbond substituents is 1. The van der Waals surface area contributed by atoms with E-state index in [1.165, 1.54) is 31.2 Å². The Morgan fingerprint density at radius 3 is 2.38 bits per heavy atom. The van der Waals surface area contributed by atoms with E-state index in [1.807, 2.05) is 0 Å². The predicted octanol–water partition coefficient (Wildman–Crippen LogP) is 3.44. The van der Waals surface area contributed by atoms with E-state index in [1.54, 1.807) is 7.11 Å². The molecule has 0 saturated heterocycles. The lowest BCUT2D eigenvalue weighted by atomic mass is 9.68. The predicted molar refractivity (Wildman–Crippen MR) is 85.1 cm³/mol. The van der Waals surface area contributed by atoms with Gasteiger partial charge in [-0.15, -0.1) is 0 Å². The Kier molecular flexibility index (Phi) is 4.12. The van der Waals surface area contributed by atoms with Crippen molar-refractivity contribution in [3.05, 3.63) is 22.8 Å². The first-order valence-electron chi connectivity index (χ1n) is 8.34. The van der Waals surface area contributed by atoms with Crippen molar-refractivity contribution in [2.24, 2.45) is 5.73 Å². The molecule has 0 aromatic heterocycles. The van der Waals surface area contributed by atoms with E-state index in [2.05, 4.69) is 6.07 Å². The first-order valence-corrected chi connectivity index (χ1v) is 8.34. The molecule has 3 N–H and O–H groups in total. The van der Waals surface area contributed by atoms with Crippen molar-refractivity contribution in [3.63, 3.8) is 0 Å². The van der Waals surface area contributed by atoms with Gasteiger partial charge in [0.05, 0.1) is 7.11 Å². The van der Waals surface area contributed by atoms with Crippen LogP contribution in [0.15, 0.2) is 6.07 Å². The summed E-state index contributed by atoms with van der Waals surface area (Å²) in [6.45, 7) is 0.614. The third-order valence-corrected chi connectivity index (χ3v) is 5.57. The molecule has 0 amide bonds. The molecule has 0 heterocycles. The lowest BCUT2D eigenvalue weighted by molar-refractivity contribution is 0.287. The molecule has 1 aromatic carbocycles. The van der Waals surface area contributed by atoms with Crippen molar-refractivity contribution in [2.45, 2.75) is 63.2 Å². The summed E-state index contributed by atoms with van der Waals surface area (Å²) in [4.78, 5) is 0. The molecule has 21 heavy (non-hydrogen) atoms. The average molecular weight is 289 g/mol. The van der Waals surface area contributed by atoms with Crippen LogP contribution in [-0.4, -0.2) is 18.8 Å². The van der Waals surface area contributed by atoms with Crippen LogP contribution in [0, 0.1) is 0 Å². The Balaban J connectivity index is 2.13. The van der Waals surface area contributed by atoms with E-state index < -0.39 is 0 Å². The Morgan fingerprint density at radius 2 is 1.76 bits per heavy atom. The molecule has 0 bridgehead atoms. The molecule has 0 radical (unpaired) electrons. The number of phenols is 1. The quantitative estimate of drug-likeness (QED) is 0.896. The van der Waals surface area contributed by atoms with Crippen LogP contribution >= 0.6 is 0 Å². The van der Waals surface area contributed by atoms with Crippen molar-refractivity contribution >= 4 is 0 Å². The van der Waals surface area contributed by atoms with Gasteiger partial charge in [-0.1, -0.05) is 19.3 Å². The average Bonchev–Trinajstić information content (AvgIpc) is 2.56. The number of hydrogen-bond donors (Lipinski definition) is 2. The van der Waals surface area contributed by atoms with Gasteiger partial charge in [-0.2, -0.15) is 0 Å². The molecule has 1 aromatic rings. The van der Waals surface area contributed by atoms with Crippen molar-refractivity contribution in [1.29, 1.82) is 0 Å². The normalized spacial score (nSPS) is 20.9. The molecule has 116 valence electrons. The van der Waals surface area contributed by atoms with Gasteiger partial charge in [0.25, 0.3) is 0 Å². The van der Waals surface area contributed by atoms with Crippen LogP contribution in [0.4, 0.5) is 0 Å². The molecule has 0 spiro atoms. The van der Waals surface area contributed by atoms with Gasteiger partial charge in [0.1, 0.15) is 11.5 Å². The lowest BCUT2D eigenvalue weighted by Crippen LogP contribution is -2.37. The molecular weight excluding hydrogens is 262 g/mol. The molecule has 2 aliphatic carbocycles. The zero-order valence-corrected chi connectivity index (χ0v) is 13.1. The highest BCUT2D eigenvalue weighted by molar-refractivity contribution is 5.56. The van der Waals surface area contributed by atoms with Gasteiger partial charge in [0.15, 0.2) is 0 Å². The molecule has 3 heteroatoms. The number of ether oxygens (including phenoxy) is 1. The second-order valence-electron chi connectivity index (χ2n) is 6.68. The van der Waals surface area contributed by atoms with E-state index in [-0.39, 0.29) is 5.41 Å². The van der Waals surface area contributed by atoms with Crippen LogP contribution in [0.25, 0.3) is 0 Å². The highest BCUT2D eigenvalue weighted by Crippen LogP contribution is 2.47. The molecular formula is C18H27NO2. The Morgan fingerprint density at radius 1 is 1.10 bits per heavy atom. The number of hydrogen-bond acceptors (Lipinski definition) is 3. The Bertz CT molecular complexity index is 518. The molecule has 0 atom stereocenters. The summed E-state index contributed by atoms with van der Waals surface area (Å²) in [7, 11) is 1.74. The number of fused-ring (bicyclic) bond motifs is 1. The summed E-state index contributed by atoms with van der Waals surface area (Å²) >= 11 is 0. The standard InChI is InChI=1S/C18H27NO2/c1-21-16-11-15(18(12-19)9-5-2-6-10-18)17(20)14-8-4-3-7-13(14)16/h11,20H,2-10,12,19H2,1H3. The summed E-state index contributed by atoms with van der Waals surface area (Å²) in [5.41, 5.74) is 9.48. The minimum atomic E-state index is -0.0535. The molecule has 3 nitrogen and oxygen atoms in total. The molecule has 1 fully saturated rings. The minimum Gasteiger partial charge on any atom is -0.507 e. The summed E-state index contributed by atoms with van der Waals surface area (Å²) in [6, 6.07) is 2.08. The molecule has 3 rings (SSSR count). The number of methoxy groups -OCH3 is 1. The van der Waals surface area contributed by atoms with Crippen LogP contribution in [0.3, 0.4) is 0 Å². The monoisotopic (exact) mass is 289 g/mol. The van der Waals surface area contributed by atoms with E-state index in [4.69, 9.17) is 10.5 Å². The van der Waals surface area contributed by atoms with Gasteiger partial charge in [0.2, 0.25) is 0 Å². The minimum absolute atomic E-state index is 0.0535. The fourth-order valence-electron chi connectivity index (χ4n) is 4.29. The fourth-order valence-corrected chi connectivity index (χ4v) is 4.29. The van der Waals surface area contributed by atoms with E-state index in [0.29, 0.717) is 12.3 Å². The number of benzene rings is 1. The second-order valence-corrected chi connectivity index (χ2v) is 6.68. The zero-order chi connectivity index (χ0) is 14.9. The van der Waals surface area contributed by atoms with Crippen LogP contribution in [-0.2, 0) is 18.3 Å².